The van der Waals surface area contributed by atoms with Gasteiger partial charge in [-0.25, -0.2) is 0 Å². The van der Waals surface area contributed by atoms with Crippen LogP contribution in [-0.4, -0.2) is 110 Å². The number of likely N-dealkylation sites (N-methyl/N-ethyl adjacent to an activating group) is 1. The van der Waals surface area contributed by atoms with Crippen molar-refractivity contribution in [3.8, 4) is 0 Å². The molecule has 0 aromatic heterocycles. The molecule has 1 spiro atoms. The maximum atomic E-state index is 13.0. The highest BCUT2D eigenvalue weighted by molar-refractivity contribution is 5.41. The van der Waals surface area contributed by atoms with Crippen molar-refractivity contribution in [1.82, 2.24) is 4.90 Å². The molecule has 6 rings (SSSR count). The molecule has 0 aromatic carbocycles. The number of hydrogen-bond donors (Lipinski definition) is 3. The van der Waals surface area contributed by atoms with Gasteiger partial charge in [-0.15, -0.1) is 0 Å². The largest absolute Gasteiger partial charge is 0.396 e. The number of rotatable bonds is 6. The summed E-state index contributed by atoms with van der Waals surface area (Å²) in [5, 5.41) is 36.6. The van der Waals surface area contributed by atoms with Gasteiger partial charge in [0.2, 0.25) is 0 Å². The normalized spacial score (nSPS) is 60.9. The highest BCUT2D eigenvalue weighted by atomic mass is 16.5. The smallest absolute Gasteiger partial charge is 0.136 e. The second-order valence-corrected chi connectivity index (χ2v) is 11.8. The van der Waals surface area contributed by atoms with Crippen molar-refractivity contribution in [3.63, 3.8) is 0 Å². The van der Waals surface area contributed by atoms with Gasteiger partial charge in [0.25, 0.3) is 0 Å². The van der Waals surface area contributed by atoms with Gasteiger partial charge in [0.05, 0.1) is 37.1 Å². The van der Waals surface area contributed by atoms with E-state index in [0.717, 1.165) is 25.8 Å². The minimum absolute atomic E-state index is 0.0443. The van der Waals surface area contributed by atoms with E-state index in [4.69, 9.17) is 18.9 Å². The Hall–Kier alpha value is -0.320. The van der Waals surface area contributed by atoms with Gasteiger partial charge in [-0.3, -0.25) is 4.90 Å². The highest BCUT2D eigenvalue weighted by Crippen LogP contribution is 2.80. The van der Waals surface area contributed by atoms with Crippen LogP contribution in [-0.2, 0) is 18.9 Å². The van der Waals surface area contributed by atoms with Gasteiger partial charge in [-0.2, -0.15) is 0 Å². The summed E-state index contributed by atoms with van der Waals surface area (Å²) < 4.78 is 24.5. The number of fused-ring (bicyclic) bond motifs is 2. The summed E-state index contributed by atoms with van der Waals surface area (Å²) >= 11 is 0. The Bertz CT molecular complexity index is 814. The number of aliphatic hydroxyl groups is 3. The minimum Gasteiger partial charge on any atom is -0.396 e. The molecule has 1 heterocycles. The van der Waals surface area contributed by atoms with E-state index in [1.165, 1.54) is 0 Å². The van der Waals surface area contributed by atoms with Gasteiger partial charge in [0, 0.05) is 70.0 Å². The van der Waals surface area contributed by atoms with E-state index >= 15 is 0 Å². The topological polar surface area (TPSA) is 101 Å². The number of hydrogen-bond acceptors (Lipinski definition) is 8. The molecule has 5 saturated carbocycles. The fourth-order valence-electron chi connectivity index (χ4n) is 11.0. The van der Waals surface area contributed by atoms with E-state index < -0.39 is 28.1 Å². The zero-order valence-corrected chi connectivity index (χ0v) is 20.6. The van der Waals surface area contributed by atoms with Gasteiger partial charge in [-0.05, 0) is 31.7 Å². The molecule has 7 bridgehead atoms. The Kier molecular flexibility index (Phi) is 4.99. The van der Waals surface area contributed by atoms with E-state index in [-0.39, 0.29) is 54.6 Å². The van der Waals surface area contributed by atoms with Crippen molar-refractivity contribution >= 4 is 0 Å². The third-order valence-corrected chi connectivity index (χ3v) is 11.6. The summed E-state index contributed by atoms with van der Waals surface area (Å²) in [6.07, 6.45) is 1.81. The molecule has 6 aliphatic rings. The average Bonchev–Trinajstić information content (AvgIpc) is 3.24. The van der Waals surface area contributed by atoms with Crippen molar-refractivity contribution in [2.75, 3.05) is 48.1 Å². The zero-order chi connectivity index (χ0) is 23.6. The fraction of sp³-hybridized carbons (Fsp3) is 1.00. The fourth-order valence-corrected chi connectivity index (χ4v) is 11.0. The van der Waals surface area contributed by atoms with Crippen molar-refractivity contribution in [2.45, 2.75) is 74.3 Å². The van der Waals surface area contributed by atoms with Gasteiger partial charge >= 0.3 is 0 Å². The van der Waals surface area contributed by atoms with Crippen LogP contribution in [0.3, 0.4) is 0 Å². The molecule has 6 unspecified atom stereocenters. The first-order valence-corrected chi connectivity index (χ1v) is 12.7. The number of nitrogens with zero attached hydrogens (tertiary/aromatic N) is 1. The monoisotopic (exact) mass is 467 g/mol. The van der Waals surface area contributed by atoms with Crippen molar-refractivity contribution in [1.29, 1.82) is 0 Å². The van der Waals surface area contributed by atoms with Gasteiger partial charge < -0.3 is 34.3 Å². The highest BCUT2D eigenvalue weighted by Gasteiger charge is 2.91. The third kappa shape index (κ3) is 2.16. The van der Waals surface area contributed by atoms with Crippen LogP contribution in [0.25, 0.3) is 0 Å². The quantitative estimate of drug-likeness (QED) is 0.512. The number of aliphatic hydroxyl groups excluding tert-OH is 1. The summed E-state index contributed by atoms with van der Waals surface area (Å²) in [5.74, 6) is -0.0916. The third-order valence-electron chi connectivity index (χ3n) is 11.6. The molecule has 0 amide bonds. The first-order chi connectivity index (χ1) is 15.8. The summed E-state index contributed by atoms with van der Waals surface area (Å²) in [7, 11) is 6.85. The molecule has 0 aromatic rings. The molecule has 3 N–H and O–H groups in total. The molecule has 1 aliphatic heterocycles. The van der Waals surface area contributed by atoms with Crippen LogP contribution >= 0.6 is 0 Å². The number of methoxy groups -OCH3 is 4. The van der Waals surface area contributed by atoms with E-state index in [2.05, 4.69) is 11.8 Å². The molecule has 13 atom stereocenters. The number of piperidine rings is 1. The van der Waals surface area contributed by atoms with Crippen LogP contribution in [0.4, 0.5) is 0 Å². The SMILES string of the molecule is CCN1C[C@]2(CO)CC[C@H](OC)C34C5C[C@@H]6[C@@H](OC)C[C@@](O)(C5[C@H]6OC)C(O)(C13)[C@@H](OC)C42. The lowest BCUT2D eigenvalue weighted by molar-refractivity contribution is -0.320. The molecule has 8 nitrogen and oxygen atoms in total. The Morgan fingerprint density at radius 2 is 1.79 bits per heavy atom. The summed E-state index contributed by atoms with van der Waals surface area (Å²) in [6.45, 7) is 3.59. The standard InChI is InChI=1S/C25H41NO7/c1-6-26-11-22(12-27)8-7-16(31-3)24-14-9-13-15(30-2)10-23(28,17(14)18(13)32-4)25(29,21(24)26)20(33-5)19(22)24/h13-21,27-29H,6-12H2,1-5H3/t13-,14?,15+,16+,17?,18+,19?,20+,21?,22+,23-,24?,25?/m1/s1. The zero-order valence-electron chi connectivity index (χ0n) is 20.6. The lowest BCUT2D eigenvalue weighted by Crippen LogP contribution is -2.82. The summed E-state index contributed by atoms with van der Waals surface area (Å²) in [4.78, 5) is 2.33. The van der Waals surface area contributed by atoms with E-state index in [1.54, 1.807) is 28.4 Å². The van der Waals surface area contributed by atoms with E-state index in [1.807, 2.05) is 0 Å². The van der Waals surface area contributed by atoms with Crippen molar-refractivity contribution in [2.24, 2.45) is 34.5 Å². The van der Waals surface area contributed by atoms with Crippen LogP contribution in [0, 0.1) is 34.5 Å². The Morgan fingerprint density at radius 3 is 2.36 bits per heavy atom. The van der Waals surface area contributed by atoms with Gasteiger partial charge in [0.15, 0.2) is 0 Å². The predicted octanol–water partition coefficient (Wildman–Crippen LogP) is 0.271. The molecule has 6 fully saturated rings. The van der Waals surface area contributed by atoms with Crippen LogP contribution in [0.1, 0.15) is 32.6 Å². The molecule has 8 heteroatoms. The predicted molar refractivity (Wildman–Crippen MR) is 119 cm³/mol. The van der Waals surface area contributed by atoms with Crippen LogP contribution < -0.4 is 0 Å². The van der Waals surface area contributed by atoms with Crippen molar-refractivity contribution < 1.29 is 34.3 Å². The van der Waals surface area contributed by atoms with E-state index in [9.17, 15) is 15.3 Å². The second kappa shape index (κ2) is 7.13. The van der Waals surface area contributed by atoms with E-state index in [0.29, 0.717) is 13.0 Å². The lowest BCUT2D eigenvalue weighted by Gasteiger charge is -2.70. The lowest BCUT2D eigenvalue weighted by atomic mass is 9.42. The Labute approximate surface area is 196 Å². The van der Waals surface area contributed by atoms with Crippen LogP contribution in [0.5, 0.6) is 0 Å². The minimum atomic E-state index is -1.52. The van der Waals surface area contributed by atoms with Crippen molar-refractivity contribution in [3.05, 3.63) is 0 Å². The molecular formula is C25H41NO7. The number of likely N-dealkylation sites (tertiary alicyclic amines) is 1. The van der Waals surface area contributed by atoms with Crippen LogP contribution in [0.15, 0.2) is 0 Å². The molecule has 188 valence electrons. The Morgan fingerprint density at radius 1 is 1.03 bits per heavy atom. The Balaban J connectivity index is 1.68. The van der Waals surface area contributed by atoms with Gasteiger partial charge in [-0.1, -0.05) is 6.92 Å². The molecule has 1 saturated heterocycles. The maximum Gasteiger partial charge on any atom is 0.136 e. The molecule has 5 aliphatic carbocycles. The van der Waals surface area contributed by atoms with Gasteiger partial charge in [0.1, 0.15) is 11.2 Å². The number of ether oxygens (including phenoxy) is 4. The maximum absolute atomic E-state index is 13.0. The summed E-state index contributed by atoms with van der Waals surface area (Å²) in [6, 6.07) is -0.312. The molecular weight excluding hydrogens is 426 g/mol. The molecule has 33 heavy (non-hydrogen) atoms. The van der Waals surface area contributed by atoms with Crippen LogP contribution in [0.2, 0.25) is 0 Å². The second-order valence-electron chi connectivity index (χ2n) is 11.8. The molecule has 0 radical (unpaired) electrons. The first-order valence-electron chi connectivity index (χ1n) is 12.7. The average molecular weight is 468 g/mol. The first kappa shape index (κ1) is 23.1. The summed E-state index contributed by atoms with van der Waals surface area (Å²) in [5.41, 5.74) is -3.78.